The molecule has 106 valence electrons. The van der Waals surface area contributed by atoms with Crippen molar-refractivity contribution in [2.45, 2.75) is 26.8 Å². The third kappa shape index (κ3) is 3.19. The van der Waals surface area contributed by atoms with Gasteiger partial charge in [-0.15, -0.1) is 11.3 Å². The van der Waals surface area contributed by atoms with Crippen molar-refractivity contribution in [3.8, 4) is 0 Å². The predicted octanol–water partition coefficient (Wildman–Crippen LogP) is 5.21. The molecule has 0 bridgehead atoms. The highest BCUT2D eigenvalue weighted by Crippen LogP contribution is 2.32. The van der Waals surface area contributed by atoms with Crippen LogP contribution in [0.15, 0.2) is 28.1 Å². The number of nitro benzene ring substituents is 1. The maximum atomic E-state index is 11.0. The molecule has 1 N–H and O–H groups in total. The first-order valence-electron chi connectivity index (χ1n) is 6.16. The number of halogens is 1. The van der Waals surface area contributed by atoms with Gasteiger partial charge in [-0.25, -0.2) is 0 Å². The first-order valence-corrected chi connectivity index (χ1v) is 7.77. The standard InChI is InChI=1S/C14H15BrN2O2S/c1-8-6-9(2)12(17(18)19)7-11(8)16-10(3)13-4-5-14(15)20-13/h4-7,10,16H,1-3H3. The Hall–Kier alpha value is -1.40. The second-order valence-corrected chi connectivity index (χ2v) is 7.21. The molecule has 0 aliphatic carbocycles. The molecule has 6 heteroatoms. The summed E-state index contributed by atoms with van der Waals surface area (Å²) in [5, 5.41) is 14.4. The van der Waals surface area contributed by atoms with E-state index in [0.717, 1.165) is 15.0 Å². The lowest BCUT2D eigenvalue weighted by molar-refractivity contribution is -0.385. The highest BCUT2D eigenvalue weighted by atomic mass is 79.9. The van der Waals surface area contributed by atoms with Crippen molar-refractivity contribution >= 4 is 38.6 Å². The SMILES string of the molecule is Cc1cc(C)c([N+](=O)[O-])cc1NC(C)c1ccc(Br)s1. The van der Waals surface area contributed by atoms with Crippen molar-refractivity contribution in [3.63, 3.8) is 0 Å². The molecule has 0 radical (unpaired) electrons. The summed E-state index contributed by atoms with van der Waals surface area (Å²) in [7, 11) is 0. The number of nitro groups is 1. The number of benzene rings is 1. The number of nitrogens with zero attached hydrogens (tertiary/aromatic N) is 1. The van der Waals surface area contributed by atoms with Crippen molar-refractivity contribution < 1.29 is 4.92 Å². The fourth-order valence-corrected chi connectivity index (χ4v) is 3.48. The normalized spacial score (nSPS) is 12.2. The van der Waals surface area contributed by atoms with Gasteiger partial charge in [-0.05, 0) is 60.5 Å². The molecule has 1 aromatic heterocycles. The average molecular weight is 355 g/mol. The average Bonchev–Trinajstić information content (AvgIpc) is 2.79. The highest BCUT2D eigenvalue weighted by Gasteiger charge is 2.16. The van der Waals surface area contributed by atoms with Crippen LogP contribution in [0.3, 0.4) is 0 Å². The third-order valence-electron chi connectivity index (χ3n) is 3.13. The van der Waals surface area contributed by atoms with E-state index in [2.05, 4.69) is 21.2 Å². The molecular weight excluding hydrogens is 340 g/mol. The lowest BCUT2D eigenvalue weighted by atomic mass is 10.1. The van der Waals surface area contributed by atoms with Gasteiger partial charge in [0.1, 0.15) is 0 Å². The number of hydrogen-bond donors (Lipinski definition) is 1. The summed E-state index contributed by atoms with van der Waals surface area (Å²) in [5.41, 5.74) is 2.65. The summed E-state index contributed by atoms with van der Waals surface area (Å²) in [6, 6.07) is 7.61. The second kappa shape index (κ2) is 5.93. The molecule has 1 atom stereocenters. The van der Waals surface area contributed by atoms with Crippen molar-refractivity contribution in [1.29, 1.82) is 0 Å². The van der Waals surface area contributed by atoms with E-state index >= 15 is 0 Å². The van der Waals surface area contributed by atoms with Crippen LogP contribution >= 0.6 is 27.3 Å². The van der Waals surface area contributed by atoms with E-state index in [1.807, 2.05) is 32.0 Å². The summed E-state index contributed by atoms with van der Waals surface area (Å²) in [4.78, 5) is 11.9. The van der Waals surface area contributed by atoms with E-state index in [4.69, 9.17) is 0 Å². The molecule has 2 aromatic rings. The van der Waals surface area contributed by atoms with E-state index in [9.17, 15) is 10.1 Å². The minimum atomic E-state index is -0.341. The Morgan fingerprint density at radius 3 is 2.55 bits per heavy atom. The third-order valence-corrected chi connectivity index (χ3v) is 4.94. The molecule has 20 heavy (non-hydrogen) atoms. The predicted molar refractivity (Wildman–Crippen MR) is 86.6 cm³/mol. The molecule has 0 saturated carbocycles. The van der Waals surface area contributed by atoms with Gasteiger partial charge in [0.2, 0.25) is 0 Å². The van der Waals surface area contributed by atoms with E-state index in [1.54, 1.807) is 24.3 Å². The van der Waals surface area contributed by atoms with Crippen LogP contribution in [0.1, 0.15) is 29.0 Å². The highest BCUT2D eigenvalue weighted by molar-refractivity contribution is 9.11. The number of anilines is 1. The smallest absolute Gasteiger partial charge is 0.274 e. The topological polar surface area (TPSA) is 55.2 Å². The van der Waals surface area contributed by atoms with Crippen molar-refractivity contribution in [2.24, 2.45) is 0 Å². The summed E-state index contributed by atoms with van der Waals surface area (Å²) < 4.78 is 1.08. The van der Waals surface area contributed by atoms with E-state index in [0.29, 0.717) is 5.56 Å². The van der Waals surface area contributed by atoms with Gasteiger partial charge in [0, 0.05) is 22.2 Å². The molecule has 0 aliphatic heterocycles. The Labute approximate surface area is 130 Å². The van der Waals surface area contributed by atoms with Crippen LogP contribution in [0.4, 0.5) is 11.4 Å². The van der Waals surface area contributed by atoms with Crippen molar-refractivity contribution in [3.05, 3.63) is 54.2 Å². The summed E-state index contributed by atoms with van der Waals surface area (Å²) in [6.45, 7) is 5.76. The molecule has 4 nitrogen and oxygen atoms in total. The van der Waals surface area contributed by atoms with Gasteiger partial charge in [0.05, 0.1) is 14.8 Å². The molecule has 1 aromatic carbocycles. The fourth-order valence-electron chi connectivity index (χ4n) is 2.06. The van der Waals surface area contributed by atoms with Gasteiger partial charge in [0.15, 0.2) is 0 Å². The van der Waals surface area contributed by atoms with E-state index in [-0.39, 0.29) is 16.7 Å². The second-order valence-electron chi connectivity index (χ2n) is 4.72. The molecule has 0 amide bonds. The number of aryl methyl sites for hydroxylation is 2. The molecule has 0 fully saturated rings. The van der Waals surface area contributed by atoms with Crippen LogP contribution in [0.25, 0.3) is 0 Å². The first kappa shape index (κ1) is 15.0. The molecular formula is C14H15BrN2O2S. The fraction of sp³-hybridized carbons (Fsp3) is 0.286. The van der Waals surface area contributed by atoms with E-state index < -0.39 is 0 Å². The lowest BCUT2D eigenvalue weighted by Gasteiger charge is -2.16. The molecule has 1 heterocycles. The number of thiophene rings is 1. The minimum Gasteiger partial charge on any atom is -0.377 e. The maximum absolute atomic E-state index is 11.0. The lowest BCUT2D eigenvalue weighted by Crippen LogP contribution is -2.07. The summed E-state index contributed by atoms with van der Waals surface area (Å²) in [5.74, 6) is 0. The Balaban J connectivity index is 2.29. The zero-order valence-electron chi connectivity index (χ0n) is 11.4. The summed E-state index contributed by atoms with van der Waals surface area (Å²) >= 11 is 5.10. The Bertz CT molecular complexity index is 655. The first-order chi connectivity index (χ1) is 9.38. The number of hydrogen-bond acceptors (Lipinski definition) is 4. The van der Waals surface area contributed by atoms with Crippen LogP contribution in [-0.4, -0.2) is 4.92 Å². The molecule has 0 spiro atoms. The van der Waals surface area contributed by atoms with Crippen LogP contribution < -0.4 is 5.32 Å². The van der Waals surface area contributed by atoms with Crippen LogP contribution in [0, 0.1) is 24.0 Å². The Morgan fingerprint density at radius 1 is 1.30 bits per heavy atom. The van der Waals surface area contributed by atoms with Gasteiger partial charge in [-0.2, -0.15) is 0 Å². The van der Waals surface area contributed by atoms with Gasteiger partial charge in [-0.1, -0.05) is 0 Å². The van der Waals surface area contributed by atoms with Crippen molar-refractivity contribution in [1.82, 2.24) is 0 Å². The van der Waals surface area contributed by atoms with Crippen LogP contribution in [0.2, 0.25) is 0 Å². The van der Waals surface area contributed by atoms with Gasteiger partial charge in [0.25, 0.3) is 5.69 Å². The Morgan fingerprint density at radius 2 is 2.00 bits per heavy atom. The van der Waals surface area contributed by atoms with Gasteiger partial charge < -0.3 is 5.32 Å². The van der Waals surface area contributed by atoms with Crippen LogP contribution in [-0.2, 0) is 0 Å². The van der Waals surface area contributed by atoms with Gasteiger partial charge >= 0.3 is 0 Å². The largest absolute Gasteiger partial charge is 0.377 e. The Kier molecular flexibility index (Phi) is 4.45. The molecule has 0 saturated heterocycles. The molecule has 1 unspecified atom stereocenters. The minimum absolute atomic E-state index is 0.104. The number of rotatable bonds is 4. The molecule has 0 aliphatic rings. The zero-order valence-corrected chi connectivity index (χ0v) is 13.8. The maximum Gasteiger partial charge on any atom is 0.274 e. The monoisotopic (exact) mass is 354 g/mol. The molecule has 2 rings (SSSR count). The quantitative estimate of drug-likeness (QED) is 0.605. The van der Waals surface area contributed by atoms with Crippen LogP contribution in [0.5, 0.6) is 0 Å². The van der Waals surface area contributed by atoms with Gasteiger partial charge in [-0.3, -0.25) is 10.1 Å². The zero-order chi connectivity index (χ0) is 14.9. The van der Waals surface area contributed by atoms with Crippen molar-refractivity contribution in [2.75, 3.05) is 5.32 Å². The number of nitrogens with one attached hydrogen (secondary N) is 1. The van der Waals surface area contributed by atoms with E-state index in [1.165, 1.54) is 4.88 Å². The summed E-state index contributed by atoms with van der Waals surface area (Å²) in [6.07, 6.45) is 0.